The quantitative estimate of drug-likeness (QED) is 0.907. The zero-order valence-electron chi connectivity index (χ0n) is 14.5. The zero-order chi connectivity index (χ0) is 18.2. The summed E-state index contributed by atoms with van der Waals surface area (Å²) >= 11 is 5.88. The van der Waals surface area contributed by atoms with Gasteiger partial charge in [-0.25, -0.2) is 4.79 Å². The maximum absolute atomic E-state index is 12.9. The van der Waals surface area contributed by atoms with Gasteiger partial charge in [-0.3, -0.25) is 13.9 Å². The Morgan fingerprint density at radius 1 is 1.24 bits per heavy atom. The second-order valence-electron chi connectivity index (χ2n) is 7.42. The smallest absolute Gasteiger partial charge is 0.334 e. The van der Waals surface area contributed by atoms with Gasteiger partial charge in [0.05, 0.1) is 6.07 Å². The van der Waals surface area contributed by atoms with E-state index in [1.165, 1.54) is 9.13 Å². The first-order valence-corrected chi connectivity index (χ1v) is 8.97. The van der Waals surface area contributed by atoms with E-state index in [1.807, 2.05) is 12.1 Å². The minimum atomic E-state index is -0.432. The summed E-state index contributed by atoms with van der Waals surface area (Å²) in [7, 11) is 0. The van der Waals surface area contributed by atoms with E-state index in [9.17, 15) is 14.7 Å². The topological polar surface area (TPSA) is 64.2 Å². The van der Waals surface area contributed by atoms with Crippen molar-refractivity contribution in [3.05, 3.63) is 61.8 Å². The van der Waals surface area contributed by atoms with Crippen molar-refractivity contribution >= 4 is 11.6 Å². The van der Waals surface area contributed by atoms with Crippen LogP contribution in [0.15, 0.2) is 39.9 Å². The minimum Gasteiger partial charge on any atom is -0.494 e. The number of nitrogens with zero attached hydrogens (tertiary/aromatic N) is 2. The summed E-state index contributed by atoms with van der Waals surface area (Å²) in [5.74, 6) is -0.281. The molecule has 1 aliphatic carbocycles. The molecular formula is C19H23ClN2O3. The lowest BCUT2D eigenvalue weighted by atomic mass is 9.87. The van der Waals surface area contributed by atoms with Gasteiger partial charge in [-0.1, -0.05) is 44.0 Å². The van der Waals surface area contributed by atoms with Crippen LogP contribution in [0, 0.1) is 5.41 Å². The average Bonchev–Trinajstić information content (AvgIpc) is 2.88. The molecule has 0 bridgehead atoms. The van der Waals surface area contributed by atoms with Gasteiger partial charge in [0, 0.05) is 17.6 Å². The molecule has 1 atom stereocenters. The Bertz CT molecular complexity index is 881. The molecule has 1 N–H and O–H groups in total. The second-order valence-corrected chi connectivity index (χ2v) is 7.85. The fourth-order valence-electron chi connectivity index (χ4n) is 3.76. The number of aryl methyl sites for hydroxylation is 1. The molecule has 0 radical (unpaired) electrons. The molecule has 0 spiro atoms. The summed E-state index contributed by atoms with van der Waals surface area (Å²) in [5.41, 5.74) is 0.0485. The van der Waals surface area contributed by atoms with Crippen molar-refractivity contribution in [1.29, 1.82) is 0 Å². The Morgan fingerprint density at radius 2 is 1.92 bits per heavy atom. The molecule has 1 fully saturated rings. The van der Waals surface area contributed by atoms with Gasteiger partial charge in [-0.2, -0.15) is 0 Å². The summed E-state index contributed by atoms with van der Waals surface area (Å²) in [6.45, 7) is 4.47. The van der Waals surface area contributed by atoms with Crippen LogP contribution in [0.2, 0.25) is 5.02 Å². The maximum atomic E-state index is 12.9. The fourth-order valence-corrected chi connectivity index (χ4v) is 3.88. The summed E-state index contributed by atoms with van der Waals surface area (Å²) in [6.07, 6.45) is 3.35. The third-order valence-corrected chi connectivity index (χ3v) is 5.51. The molecule has 1 saturated carbocycles. The molecule has 1 heterocycles. The SMILES string of the molecule is CC1(C)CCC[C@@H]1n1c(=O)cc(O)n(CCc2ccc(Cl)cc2)c1=O. The summed E-state index contributed by atoms with van der Waals surface area (Å²) in [6, 6.07) is 8.39. The van der Waals surface area contributed by atoms with E-state index >= 15 is 0 Å². The van der Waals surface area contributed by atoms with Crippen molar-refractivity contribution in [2.45, 2.75) is 52.1 Å². The average molecular weight is 363 g/mol. The number of hydrogen-bond donors (Lipinski definition) is 1. The first-order chi connectivity index (χ1) is 11.8. The number of aromatic hydroxyl groups is 1. The first kappa shape index (κ1) is 17.8. The molecule has 1 aliphatic rings. The standard InChI is InChI=1S/C19H23ClN2O3/c1-19(2)10-3-4-15(19)22-17(24)12-16(23)21(18(22)25)11-9-13-5-7-14(20)8-6-13/h5-8,12,15,23H,3-4,9-11H2,1-2H3/t15-/m0/s1. The predicted molar refractivity (Wildman–Crippen MR) is 98.5 cm³/mol. The predicted octanol–water partition coefficient (Wildman–Crippen LogP) is 3.36. The van der Waals surface area contributed by atoms with Crippen molar-refractivity contribution in [3.63, 3.8) is 0 Å². The van der Waals surface area contributed by atoms with Gasteiger partial charge in [0.25, 0.3) is 5.56 Å². The van der Waals surface area contributed by atoms with Crippen molar-refractivity contribution in [2.75, 3.05) is 0 Å². The van der Waals surface area contributed by atoms with Gasteiger partial charge in [-0.05, 0) is 42.4 Å². The van der Waals surface area contributed by atoms with Gasteiger partial charge in [0.1, 0.15) is 0 Å². The van der Waals surface area contributed by atoms with Gasteiger partial charge < -0.3 is 5.11 Å². The van der Waals surface area contributed by atoms with Gasteiger partial charge in [-0.15, -0.1) is 0 Å². The van der Waals surface area contributed by atoms with E-state index in [0.717, 1.165) is 30.9 Å². The molecule has 0 amide bonds. The van der Waals surface area contributed by atoms with Crippen LogP contribution in [-0.2, 0) is 13.0 Å². The van der Waals surface area contributed by atoms with E-state index in [1.54, 1.807) is 12.1 Å². The Hall–Kier alpha value is -2.01. The van der Waals surface area contributed by atoms with Crippen molar-refractivity contribution < 1.29 is 5.11 Å². The van der Waals surface area contributed by atoms with E-state index in [2.05, 4.69) is 13.8 Å². The summed E-state index contributed by atoms with van der Waals surface area (Å²) < 4.78 is 2.61. The molecule has 1 aromatic heterocycles. The monoisotopic (exact) mass is 362 g/mol. The van der Waals surface area contributed by atoms with Crippen LogP contribution >= 0.6 is 11.6 Å². The Labute approximate surface area is 151 Å². The highest BCUT2D eigenvalue weighted by Crippen LogP contribution is 2.44. The van der Waals surface area contributed by atoms with Crippen LogP contribution in [-0.4, -0.2) is 14.2 Å². The van der Waals surface area contributed by atoms with E-state index in [4.69, 9.17) is 11.6 Å². The molecule has 1 aromatic carbocycles. The lowest BCUT2D eigenvalue weighted by Crippen LogP contribution is -2.44. The molecule has 2 aromatic rings. The summed E-state index contributed by atoms with van der Waals surface area (Å²) in [4.78, 5) is 25.3. The number of halogens is 1. The molecule has 134 valence electrons. The van der Waals surface area contributed by atoms with Gasteiger partial charge in [0.15, 0.2) is 0 Å². The molecule has 6 heteroatoms. The van der Waals surface area contributed by atoms with Crippen LogP contribution in [0.1, 0.15) is 44.7 Å². The Balaban J connectivity index is 1.95. The molecule has 0 aliphatic heterocycles. The highest BCUT2D eigenvalue weighted by Gasteiger charge is 2.37. The second kappa shape index (κ2) is 6.71. The molecule has 0 unspecified atom stereocenters. The molecule has 0 saturated heterocycles. The van der Waals surface area contributed by atoms with E-state index < -0.39 is 11.2 Å². The lowest BCUT2D eigenvalue weighted by Gasteiger charge is -2.28. The van der Waals surface area contributed by atoms with Crippen LogP contribution < -0.4 is 11.2 Å². The molecule has 25 heavy (non-hydrogen) atoms. The van der Waals surface area contributed by atoms with Crippen molar-refractivity contribution in [3.8, 4) is 5.88 Å². The molecular weight excluding hydrogens is 340 g/mol. The number of rotatable bonds is 4. The van der Waals surface area contributed by atoms with Crippen LogP contribution in [0.3, 0.4) is 0 Å². The normalized spacial score (nSPS) is 19.2. The van der Waals surface area contributed by atoms with Gasteiger partial charge >= 0.3 is 5.69 Å². The fraction of sp³-hybridized carbons (Fsp3) is 0.474. The number of hydrogen-bond acceptors (Lipinski definition) is 3. The van der Waals surface area contributed by atoms with Crippen LogP contribution in [0.25, 0.3) is 0 Å². The third-order valence-electron chi connectivity index (χ3n) is 5.25. The highest BCUT2D eigenvalue weighted by atomic mass is 35.5. The number of aromatic nitrogens is 2. The van der Waals surface area contributed by atoms with Gasteiger partial charge in [0.2, 0.25) is 5.88 Å². The Kier molecular flexibility index (Phi) is 4.78. The zero-order valence-corrected chi connectivity index (χ0v) is 15.3. The van der Waals surface area contributed by atoms with Crippen molar-refractivity contribution in [1.82, 2.24) is 9.13 Å². The van der Waals surface area contributed by atoms with Crippen molar-refractivity contribution in [2.24, 2.45) is 5.41 Å². The lowest BCUT2D eigenvalue weighted by molar-refractivity contribution is 0.241. The molecule has 5 nitrogen and oxygen atoms in total. The highest BCUT2D eigenvalue weighted by molar-refractivity contribution is 6.30. The first-order valence-electron chi connectivity index (χ1n) is 8.59. The Morgan fingerprint density at radius 3 is 2.52 bits per heavy atom. The van der Waals surface area contributed by atoms with Crippen LogP contribution in [0.4, 0.5) is 0 Å². The third kappa shape index (κ3) is 3.52. The van der Waals surface area contributed by atoms with E-state index in [-0.39, 0.29) is 17.3 Å². The molecule has 3 rings (SSSR count). The van der Waals surface area contributed by atoms with Crippen LogP contribution in [0.5, 0.6) is 5.88 Å². The largest absolute Gasteiger partial charge is 0.494 e. The van der Waals surface area contributed by atoms with E-state index in [0.29, 0.717) is 18.0 Å². The number of benzene rings is 1. The maximum Gasteiger partial charge on any atom is 0.334 e. The minimum absolute atomic E-state index is 0.103. The summed E-state index contributed by atoms with van der Waals surface area (Å²) in [5, 5.41) is 10.8.